The van der Waals surface area contributed by atoms with Crippen LogP contribution >= 0.6 is 0 Å². The Labute approximate surface area is 149 Å². The number of rotatable bonds is 3. The first-order chi connectivity index (χ1) is 12.3. The highest BCUT2D eigenvalue weighted by atomic mass is 16.5. The van der Waals surface area contributed by atoms with Crippen molar-refractivity contribution in [2.24, 2.45) is 0 Å². The predicted octanol–water partition coefficient (Wildman–Crippen LogP) is 4.23. The van der Waals surface area contributed by atoms with Crippen molar-refractivity contribution < 1.29 is 19.7 Å². The zero-order valence-electron chi connectivity index (χ0n) is 14.5. The smallest absolute Gasteiger partial charge is 0.358 e. The molecule has 0 fully saturated rings. The van der Waals surface area contributed by atoms with Gasteiger partial charge in [-0.15, -0.1) is 0 Å². The zero-order valence-corrected chi connectivity index (χ0v) is 14.5. The number of aromatic carboxylic acids is 1. The molecule has 0 bridgehead atoms. The monoisotopic (exact) mass is 348 g/mol. The fourth-order valence-electron chi connectivity index (χ4n) is 3.02. The SMILES string of the molecule is Cc1cc(C)c(Oc2ccc3c(C#N)nc(C(=O)O)c(O)c3c2)c(C)c1. The van der Waals surface area contributed by atoms with Crippen LogP contribution in [0.1, 0.15) is 32.9 Å². The first-order valence-corrected chi connectivity index (χ1v) is 7.87. The molecule has 3 rings (SSSR count). The maximum Gasteiger partial charge on any atom is 0.358 e. The summed E-state index contributed by atoms with van der Waals surface area (Å²) in [5, 5.41) is 29.2. The normalized spacial score (nSPS) is 10.5. The molecule has 0 radical (unpaired) electrons. The van der Waals surface area contributed by atoms with Crippen LogP contribution in [-0.2, 0) is 0 Å². The number of aryl methyl sites for hydroxylation is 3. The van der Waals surface area contributed by atoms with E-state index in [2.05, 4.69) is 4.98 Å². The van der Waals surface area contributed by atoms with Gasteiger partial charge in [-0.1, -0.05) is 17.7 Å². The number of ether oxygens (including phenoxy) is 1. The highest BCUT2D eigenvalue weighted by Crippen LogP contribution is 2.35. The Balaban J connectivity index is 2.17. The number of carboxylic acids is 1. The van der Waals surface area contributed by atoms with E-state index in [1.807, 2.05) is 39.0 Å². The second-order valence-electron chi connectivity index (χ2n) is 6.11. The summed E-state index contributed by atoms with van der Waals surface area (Å²) in [5.41, 5.74) is 2.42. The van der Waals surface area contributed by atoms with Crippen LogP contribution in [0.4, 0.5) is 0 Å². The zero-order chi connectivity index (χ0) is 19.0. The molecule has 0 unspecified atom stereocenters. The van der Waals surface area contributed by atoms with Crippen LogP contribution in [0, 0.1) is 32.1 Å². The number of hydrogen-bond acceptors (Lipinski definition) is 5. The summed E-state index contributed by atoms with van der Waals surface area (Å²) >= 11 is 0. The third-order valence-corrected chi connectivity index (χ3v) is 4.08. The van der Waals surface area contributed by atoms with E-state index in [1.54, 1.807) is 12.1 Å². The number of aromatic hydroxyl groups is 1. The van der Waals surface area contributed by atoms with E-state index in [9.17, 15) is 20.3 Å². The van der Waals surface area contributed by atoms with Crippen LogP contribution in [0.25, 0.3) is 10.8 Å². The van der Waals surface area contributed by atoms with Crippen molar-refractivity contribution in [3.05, 3.63) is 58.4 Å². The number of carboxylic acid groups (broad SMARTS) is 1. The van der Waals surface area contributed by atoms with Crippen LogP contribution in [-0.4, -0.2) is 21.2 Å². The largest absolute Gasteiger partial charge is 0.505 e. The average Bonchev–Trinajstić information content (AvgIpc) is 2.58. The van der Waals surface area contributed by atoms with Gasteiger partial charge >= 0.3 is 5.97 Å². The summed E-state index contributed by atoms with van der Waals surface area (Å²) in [7, 11) is 0. The molecule has 0 spiro atoms. The Morgan fingerprint density at radius 3 is 2.35 bits per heavy atom. The van der Waals surface area contributed by atoms with Crippen molar-refractivity contribution in [3.8, 4) is 23.3 Å². The van der Waals surface area contributed by atoms with Gasteiger partial charge in [-0.2, -0.15) is 5.26 Å². The molecule has 0 saturated carbocycles. The predicted molar refractivity (Wildman–Crippen MR) is 95.8 cm³/mol. The van der Waals surface area contributed by atoms with Crippen molar-refractivity contribution in [3.63, 3.8) is 0 Å². The van der Waals surface area contributed by atoms with Crippen molar-refractivity contribution in [2.75, 3.05) is 0 Å². The lowest BCUT2D eigenvalue weighted by Gasteiger charge is -2.14. The molecule has 0 saturated heterocycles. The van der Waals surface area contributed by atoms with E-state index in [1.165, 1.54) is 6.07 Å². The average molecular weight is 348 g/mol. The molecule has 0 amide bonds. The first-order valence-electron chi connectivity index (χ1n) is 7.87. The van der Waals surface area contributed by atoms with Crippen molar-refractivity contribution in [1.29, 1.82) is 5.26 Å². The maximum atomic E-state index is 11.3. The second-order valence-corrected chi connectivity index (χ2v) is 6.11. The molecule has 3 aromatic rings. The lowest BCUT2D eigenvalue weighted by atomic mass is 10.1. The molecule has 0 aliphatic heterocycles. The minimum absolute atomic E-state index is 0.0653. The molecule has 6 heteroatoms. The summed E-state index contributed by atoms with van der Waals surface area (Å²) in [6.45, 7) is 5.88. The van der Waals surface area contributed by atoms with E-state index in [0.717, 1.165) is 16.7 Å². The quantitative estimate of drug-likeness (QED) is 0.734. The minimum Gasteiger partial charge on any atom is -0.505 e. The number of fused-ring (bicyclic) bond motifs is 1. The molecule has 2 aromatic carbocycles. The summed E-state index contributed by atoms with van der Waals surface area (Å²) in [5.74, 6) is -0.775. The van der Waals surface area contributed by atoms with E-state index >= 15 is 0 Å². The minimum atomic E-state index is -1.41. The molecule has 6 nitrogen and oxygen atoms in total. The summed E-state index contributed by atoms with van der Waals surface area (Å²) in [6, 6.07) is 10.6. The molecule has 0 aliphatic rings. The fraction of sp³-hybridized carbons (Fsp3) is 0.150. The van der Waals surface area contributed by atoms with Gasteiger partial charge in [-0.25, -0.2) is 9.78 Å². The Morgan fingerprint density at radius 2 is 1.77 bits per heavy atom. The Bertz CT molecular complexity index is 1070. The lowest BCUT2D eigenvalue weighted by Crippen LogP contribution is -2.03. The summed E-state index contributed by atoms with van der Waals surface area (Å²) < 4.78 is 5.97. The van der Waals surface area contributed by atoms with Gasteiger partial charge in [-0.3, -0.25) is 0 Å². The highest BCUT2D eigenvalue weighted by molar-refractivity contribution is 6.00. The molecular weight excluding hydrogens is 332 g/mol. The van der Waals surface area contributed by atoms with Gasteiger partial charge < -0.3 is 14.9 Å². The molecule has 0 aliphatic carbocycles. The number of pyridine rings is 1. The Morgan fingerprint density at radius 1 is 1.12 bits per heavy atom. The number of hydrogen-bond donors (Lipinski definition) is 2. The van der Waals surface area contributed by atoms with Crippen molar-refractivity contribution >= 4 is 16.7 Å². The lowest BCUT2D eigenvalue weighted by molar-refractivity contribution is 0.0687. The van der Waals surface area contributed by atoms with Gasteiger partial charge in [0.2, 0.25) is 0 Å². The van der Waals surface area contributed by atoms with Crippen LogP contribution in [0.5, 0.6) is 17.2 Å². The molecule has 2 N–H and O–H groups in total. The van der Waals surface area contributed by atoms with E-state index in [4.69, 9.17) is 4.74 Å². The van der Waals surface area contributed by atoms with Crippen LogP contribution < -0.4 is 4.74 Å². The van der Waals surface area contributed by atoms with E-state index in [-0.39, 0.29) is 11.1 Å². The number of nitriles is 1. The van der Waals surface area contributed by atoms with Gasteiger partial charge in [-0.05, 0) is 50.1 Å². The summed E-state index contributed by atoms with van der Waals surface area (Å²) in [6.07, 6.45) is 0. The number of benzene rings is 2. The van der Waals surface area contributed by atoms with Crippen LogP contribution in [0.3, 0.4) is 0 Å². The van der Waals surface area contributed by atoms with Gasteiger partial charge in [0.1, 0.15) is 23.3 Å². The van der Waals surface area contributed by atoms with Crippen molar-refractivity contribution in [2.45, 2.75) is 20.8 Å². The third kappa shape index (κ3) is 2.91. The Kier molecular flexibility index (Phi) is 4.23. The molecule has 1 heterocycles. The number of nitrogens with zero attached hydrogens (tertiary/aromatic N) is 2. The molecule has 130 valence electrons. The third-order valence-electron chi connectivity index (χ3n) is 4.08. The summed E-state index contributed by atoms with van der Waals surface area (Å²) in [4.78, 5) is 15.0. The molecule has 0 atom stereocenters. The Hall–Kier alpha value is -3.59. The van der Waals surface area contributed by atoms with Gasteiger partial charge in [0.05, 0.1) is 0 Å². The van der Waals surface area contributed by atoms with Gasteiger partial charge in [0.15, 0.2) is 11.4 Å². The topological polar surface area (TPSA) is 103 Å². The van der Waals surface area contributed by atoms with Gasteiger partial charge in [0, 0.05) is 10.8 Å². The number of carbonyl (C=O) groups is 1. The maximum absolute atomic E-state index is 11.3. The van der Waals surface area contributed by atoms with Gasteiger partial charge in [0.25, 0.3) is 0 Å². The fourth-order valence-corrected chi connectivity index (χ4v) is 3.02. The van der Waals surface area contributed by atoms with E-state index in [0.29, 0.717) is 16.9 Å². The molecular formula is C20H16N2O4. The van der Waals surface area contributed by atoms with E-state index < -0.39 is 17.4 Å². The highest BCUT2D eigenvalue weighted by Gasteiger charge is 2.19. The van der Waals surface area contributed by atoms with Crippen molar-refractivity contribution in [1.82, 2.24) is 4.98 Å². The first kappa shape index (κ1) is 17.2. The van der Waals surface area contributed by atoms with Crippen LogP contribution in [0.15, 0.2) is 30.3 Å². The standard InChI is InChI=1S/C20H16N2O4/c1-10-6-11(2)19(12(3)7-10)26-13-4-5-14-15(8-13)18(23)17(20(24)25)22-16(14)9-21/h4-8,23H,1-3H3,(H,24,25). The van der Waals surface area contributed by atoms with Crippen LogP contribution in [0.2, 0.25) is 0 Å². The second kappa shape index (κ2) is 6.37. The number of aromatic nitrogens is 1. The molecule has 26 heavy (non-hydrogen) atoms. The molecule has 1 aromatic heterocycles.